The summed E-state index contributed by atoms with van der Waals surface area (Å²) in [5.41, 5.74) is 18.2. The molecule has 0 saturated carbocycles. The number of para-hydroxylation sites is 2. The highest BCUT2D eigenvalue weighted by Crippen LogP contribution is 2.44. The second kappa shape index (κ2) is 16.0. The molecular weight excluding hydrogens is 917 g/mol. The lowest BCUT2D eigenvalue weighted by atomic mass is 9.98. The number of thiophene rings is 1. The summed E-state index contributed by atoms with van der Waals surface area (Å²) in [6.45, 7) is 0. The van der Waals surface area contributed by atoms with Crippen molar-refractivity contribution in [2.24, 2.45) is 0 Å². The minimum Gasteiger partial charge on any atom is -0.455 e. The molecule has 4 heteroatoms. The van der Waals surface area contributed by atoms with Gasteiger partial charge >= 0.3 is 0 Å². The van der Waals surface area contributed by atoms with Crippen molar-refractivity contribution in [1.29, 1.82) is 0 Å². The number of hydrogen-bond donors (Lipinski definition) is 0. The zero-order valence-corrected chi connectivity index (χ0v) is 40.8. The maximum absolute atomic E-state index is 6.47. The van der Waals surface area contributed by atoms with Crippen LogP contribution in [0.4, 0.5) is 0 Å². The molecule has 0 radical (unpaired) electrons. The number of rotatable bonds is 6. The lowest BCUT2D eigenvalue weighted by Gasteiger charge is -2.11. The Morgan fingerprint density at radius 1 is 0.284 bits per heavy atom. The third kappa shape index (κ3) is 6.25. The number of aromatic nitrogens is 2. The SMILES string of the molecule is c1ccc(-c2ccc(-n3c4ccc(-c5ccc6sc7ccccc7c6c5)cc4c4cc(-c5ccc6c(c5)c5c7ccccc7ccc5n6-c5ccc(-c6cccc7c6oc6ccccc67)cc5)ccc43)cc2)cc1. The molecule has 0 aliphatic carbocycles. The maximum atomic E-state index is 6.47. The lowest BCUT2D eigenvalue weighted by Crippen LogP contribution is -1.94. The molecule has 12 aromatic carbocycles. The molecule has 0 aliphatic rings. The third-order valence-electron chi connectivity index (χ3n) is 15.5. The van der Waals surface area contributed by atoms with Crippen LogP contribution in [0.5, 0.6) is 0 Å². The summed E-state index contributed by atoms with van der Waals surface area (Å²) in [7, 11) is 0. The molecule has 4 heterocycles. The Labute approximate surface area is 429 Å². The molecule has 0 fully saturated rings. The van der Waals surface area contributed by atoms with E-state index in [1.54, 1.807) is 0 Å². The first-order valence-corrected chi connectivity index (χ1v) is 26.1. The fourth-order valence-electron chi connectivity index (χ4n) is 12.0. The molecule has 0 saturated heterocycles. The average Bonchev–Trinajstić information content (AvgIpc) is 4.23. The minimum absolute atomic E-state index is 0.908. The van der Waals surface area contributed by atoms with Gasteiger partial charge in [-0.1, -0.05) is 164 Å². The van der Waals surface area contributed by atoms with Crippen molar-refractivity contribution in [3.05, 3.63) is 255 Å². The Morgan fingerprint density at radius 3 is 1.51 bits per heavy atom. The van der Waals surface area contributed by atoms with Crippen molar-refractivity contribution in [2.75, 3.05) is 0 Å². The summed E-state index contributed by atoms with van der Waals surface area (Å²) in [5.74, 6) is 0. The van der Waals surface area contributed by atoms with Crippen LogP contribution in [0, 0.1) is 0 Å². The molecule has 0 atom stereocenters. The van der Waals surface area contributed by atoms with Gasteiger partial charge in [0.15, 0.2) is 0 Å². The normalized spacial score (nSPS) is 12.1. The molecule has 0 spiro atoms. The van der Waals surface area contributed by atoms with Crippen LogP contribution in [0.2, 0.25) is 0 Å². The van der Waals surface area contributed by atoms with Crippen molar-refractivity contribution < 1.29 is 4.42 Å². The first-order chi connectivity index (χ1) is 36.7. The number of nitrogens with zero attached hydrogens (tertiary/aromatic N) is 2. The van der Waals surface area contributed by atoms with Crippen molar-refractivity contribution in [3.63, 3.8) is 0 Å². The highest BCUT2D eigenvalue weighted by molar-refractivity contribution is 7.25. The van der Waals surface area contributed by atoms with Crippen molar-refractivity contribution in [3.8, 4) is 55.9 Å². The minimum atomic E-state index is 0.908. The van der Waals surface area contributed by atoms with Crippen molar-refractivity contribution in [2.45, 2.75) is 0 Å². The van der Waals surface area contributed by atoms with E-state index in [1.165, 1.54) is 108 Å². The van der Waals surface area contributed by atoms with Gasteiger partial charge in [-0.3, -0.25) is 0 Å². The predicted octanol–water partition coefficient (Wildman–Crippen LogP) is 20.0. The molecular formula is C70H42N2OS. The smallest absolute Gasteiger partial charge is 0.143 e. The Kier molecular flexibility index (Phi) is 8.91. The van der Waals surface area contributed by atoms with E-state index >= 15 is 0 Å². The maximum Gasteiger partial charge on any atom is 0.143 e. The van der Waals surface area contributed by atoms with Crippen molar-refractivity contribution in [1.82, 2.24) is 9.13 Å². The highest BCUT2D eigenvalue weighted by atomic mass is 32.1. The molecule has 0 unspecified atom stereocenters. The average molecular weight is 959 g/mol. The molecule has 0 bridgehead atoms. The first-order valence-electron chi connectivity index (χ1n) is 25.3. The molecule has 16 aromatic rings. The number of benzene rings is 12. The largest absolute Gasteiger partial charge is 0.455 e. The topological polar surface area (TPSA) is 23.0 Å². The van der Waals surface area contributed by atoms with E-state index in [2.05, 4.69) is 252 Å². The van der Waals surface area contributed by atoms with E-state index in [0.29, 0.717) is 0 Å². The highest BCUT2D eigenvalue weighted by Gasteiger charge is 2.20. The van der Waals surface area contributed by atoms with Crippen LogP contribution in [0.15, 0.2) is 259 Å². The molecule has 0 N–H and O–H groups in total. The second-order valence-electron chi connectivity index (χ2n) is 19.6. The summed E-state index contributed by atoms with van der Waals surface area (Å²) in [4.78, 5) is 0. The van der Waals surface area contributed by atoms with E-state index < -0.39 is 0 Å². The lowest BCUT2D eigenvalue weighted by molar-refractivity contribution is 0.670. The van der Waals surface area contributed by atoms with Gasteiger partial charge in [-0.05, 0) is 141 Å². The fraction of sp³-hybridized carbons (Fsp3) is 0. The van der Waals surface area contributed by atoms with Gasteiger partial charge in [0.25, 0.3) is 0 Å². The zero-order valence-electron chi connectivity index (χ0n) is 40.0. The van der Waals surface area contributed by atoms with Gasteiger partial charge < -0.3 is 13.6 Å². The van der Waals surface area contributed by atoms with Crippen LogP contribution < -0.4 is 0 Å². The van der Waals surface area contributed by atoms with Gasteiger partial charge in [0.05, 0.1) is 22.1 Å². The van der Waals surface area contributed by atoms with E-state index in [9.17, 15) is 0 Å². The van der Waals surface area contributed by atoms with Gasteiger partial charge in [-0.2, -0.15) is 0 Å². The van der Waals surface area contributed by atoms with Crippen LogP contribution in [-0.2, 0) is 0 Å². The molecule has 0 amide bonds. The van der Waals surface area contributed by atoms with E-state index in [1.807, 2.05) is 23.5 Å². The monoisotopic (exact) mass is 958 g/mol. The van der Waals surface area contributed by atoms with Crippen LogP contribution in [0.3, 0.4) is 0 Å². The van der Waals surface area contributed by atoms with Gasteiger partial charge in [0, 0.05) is 69.4 Å². The molecule has 16 rings (SSSR count). The Hall–Kier alpha value is -9.48. The fourth-order valence-corrected chi connectivity index (χ4v) is 13.1. The van der Waals surface area contributed by atoms with Crippen molar-refractivity contribution >= 4 is 108 Å². The Balaban J connectivity index is 0.860. The Bertz CT molecular complexity index is 4930. The molecule has 4 aromatic heterocycles. The molecule has 344 valence electrons. The number of hydrogen-bond acceptors (Lipinski definition) is 2. The second-order valence-corrected chi connectivity index (χ2v) is 20.7. The molecule has 0 aliphatic heterocycles. The third-order valence-corrected chi connectivity index (χ3v) is 16.7. The van der Waals surface area contributed by atoms with Crippen LogP contribution in [-0.4, -0.2) is 9.13 Å². The van der Waals surface area contributed by atoms with Gasteiger partial charge in [-0.25, -0.2) is 0 Å². The summed E-state index contributed by atoms with van der Waals surface area (Å²) in [6.07, 6.45) is 0. The zero-order chi connectivity index (χ0) is 48.4. The van der Waals surface area contributed by atoms with Crippen LogP contribution in [0.25, 0.3) is 152 Å². The van der Waals surface area contributed by atoms with Gasteiger partial charge in [0.1, 0.15) is 11.2 Å². The predicted molar refractivity (Wildman–Crippen MR) is 315 cm³/mol. The molecule has 74 heavy (non-hydrogen) atoms. The van der Waals surface area contributed by atoms with Crippen LogP contribution >= 0.6 is 11.3 Å². The van der Waals surface area contributed by atoms with E-state index in [4.69, 9.17) is 4.42 Å². The number of fused-ring (bicyclic) bond motifs is 14. The standard InChI is InChI=1S/C70H42N2OS/c1-2-11-43(12-3-1)44-21-30-51(31-22-44)71-62-34-26-47(39-58(62)59-40-48(27-35-63(59)71)50-29-38-68-60(41-50)56-16-7-9-20-67(56)74-68)49-28-36-64-61(42-49)69-53-14-5-4-13-45(53)25-37-65(69)72(64)52-32-23-46(24-33-52)54-17-10-18-57-55-15-6-8-19-66(55)73-70(54)57/h1-42H. The van der Waals surface area contributed by atoms with E-state index in [0.717, 1.165) is 44.4 Å². The first kappa shape index (κ1) is 41.2. The summed E-state index contributed by atoms with van der Waals surface area (Å²) in [5, 5.41) is 12.3. The summed E-state index contributed by atoms with van der Waals surface area (Å²) in [6, 6.07) is 93.6. The quantitative estimate of drug-likeness (QED) is 0.163. The van der Waals surface area contributed by atoms with Gasteiger partial charge in [-0.15, -0.1) is 11.3 Å². The number of furan rings is 1. The molecule has 3 nitrogen and oxygen atoms in total. The summed E-state index contributed by atoms with van der Waals surface area (Å²) >= 11 is 1.86. The Morgan fingerprint density at radius 2 is 0.784 bits per heavy atom. The summed E-state index contributed by atoms with van der Waals surface area (Å²) < 4.78 is 14.0. The van der Waals surface area contributed by atoms with Gasteiger partial charge in [0.2, 0.25) is 0 Å². The van der Waals surface area contributed by atoms with Crippen LogP contribution in [0.1, 0.15) is 0 Å². The van der Waals surface area contributed by atoms with E-state index in [-0.39, 0.29) is 0 Å².